The Kier molecular flexibility index (Phi) is 7.58. The van der Waals surface area contributed by atoms with E-state index < -0.39 is 5.91 Å². The monoisotopic (exact) mass is 442 g/mol. The molecule has 0 saturated carbocycles. The minimum absolute atomic E-state index is 0.0757. The molecule has 1 aliphatic carbocycles. The number of allylic oxidation sites excluding steroid dienone is 1. The van der Waals surface area contributed by atoms with E-state index in [1.54, 1.807) is 12.2 Å². The summed E-state index contributed by atoms with van der Waals surface area (Å²) in [5, 5.41) is 9.44. The van der Waals surface area contributed by atoms with Gasteiger partial charge in [-0.15, -0.1) is 0 Å². The minimum atomic E-state index is -0.627. The molecule has 9 nitrogen and oxygen atoms in total. The van der Waals surface area contributed by atoms with Crippen LogP contribution >= 0.6 is 11.6 Å². The molecule has 1 unspecified atom stereocenters. The van der Waals surface area contributed by atoms with Crippen LogP contribution in [0.15, 0.2) is 59.4 Å². The number of methoxy groups -OCH3 is 1. The van der Waals surface area contributed by atoms with Gasteiger partial charge in [-0.05, 0) is 18.1 Å². The Morgan fingerprint density at radius 3 is 2.77 bits per heavy atom. The van der Waals surface area contributed by atoms with Crippen molar-refractivity contribution in [1.29, 1.82) is 0 Å². The first kappa shape index (κ1) is 22.3. The van der Waals surface area contributed by atoms with Crippen LogP contribution in [0.1, 0.15) is 22.3 Å². The molecule has 1 aliphatic rings. The van der Waals surface area contributed by atoms with E-state index in [-0.39, 0.29) is 24.1 Å². The predicted octanol–water partition coefficient (Wildman–Crippen LogP) is 2.14. The van der Waals surface area contributed by atoms with Gasteiger partial charge in [0, 0.05) is 19.9 Å². The number of nitrogens with zero attached hydrogens (tertiary/aromatic N) is 2. The summed E-state index contributed by atoms with van der Waals surface area (Å²) in [5.74, 6) is -0.306. The maximum atomic E-state index is 11.8. The molecule has 0 radical (unpaired) electrons. The van der Waals surface area contributed by atoms with E-state index in [0.717, 1.165) is 5.56 Å². The summed E-state index contributed by atoms with van der Waals surface area (Å²) < 4.78 is 4.82. The first-order chi connectivity index (χ1) is 15.0. The number of benzene rings is 1. The summed E-state index contributed by atoms with van der Waals surface area (Å²) in [6.07, 6.45) is 5.50. The van der Waals surface area contributed by atoms with Gasteiger partial charge in [0.25, 0.3) is 5.91 Å². The van der Waals surface area contributed by atoms with Gasteiger partial charge in [-0.2, -0.15) is 4.98 Å². The van der Waals surface area contributed by atoms with Crippen LogP contribution in [0.25, 0.3) is 0 Å². The van der Waals surface area contributed by atoms with Crippen molar-refractivity contribution in [3.63, 3.8) is 0 Å². The van der Waals surface area contributed by atoms with Gasteiger partial charge in [-0.1, -0.05) is 48.0 Å². The Bertz CT molecular complexity index is 1010. The highest BCUT2D eigenvalue weighted by Gasteiger charge is 2.18. The third-order valence-electron chi connectivity index (χ3n) is 4.40. The third kappa shape index (κ3) is 6.27. The van der Waals surface area contributed by atoms with Crippen molar-refractivity contribution in [2.45, 2.75) is 19.0 Å². The van der Waals surface area contributed by atoms with Crippen molar-refractivity contribution in [3.05, 3.63) is 70.5 Å². The van der Waals surface area contributed by atoms with Gasteiger partial charge in [-0.25, -0.2) is 4.98 Å². The zero-order valence-electron chi connectivity index (χ0n) is 16.9. The number of halogens is 1. The minimum Gasteiger partial charge on any atom is -0.375 e. The van der Waals surface area contributed by atoms with Crippen LogP contribution in [-0.4, -0.2) is 41.5 Å². The Morgan fingerprint density at radius 2 is 2.06 bits per heavy atom. The van der Waals surface area contributed by atoms with Crippen LogP contribution in [0, 0.1) is 0 Å². The van der Waals surface area contributed by atoms with E-state index >= 15 is 0 Å². The van der Waals surface area contributed by atoms with Gasteiger partial charge in [-0.3, -0.25) is 9.59 Å². The lowest BCUT2D eigenvalue weighted by molar-refractivity contribution is -0.123. The number of rotatable bonds is 9. The number of carbonyl (C=O) groups is 2. The average Bonchev–Trinajstić information content (AvgIpc) is 2.75. The Balaban J connectivity index is 1.74. The second-order valence-electron chi connectivity index (χ2n) is 6.76. The number of ether oxygens (including phenoxy) is 1. The number of amides is 2. The second kappa shape index (κ2) is 10.6. The lowest BCUT2D eigenvalue weighted by Crippen LogP contribution is -2.30. The molecule has 31 heavy (non-hydrogen) atoms. The molecular weight excluding hydrogens is 420 g/mol. The molecule has 0 bridgehead atoms. The normalized spacial score (nSPS) is 15.5. The predicted molar refractivity (Wildman–Crippen MR) is 118 cm³/mol. The molecule has 0 spiro atoms. The fourth-order valence-corrected chi connectivity index (χ4v) is 3.12. The number of aromatic nitrogens is 2. The Morgan fingerprint density at radius 1 is 1.29 bits per heavy atom. The molecule has 3 rings (SSSR count). The van der Waals surface area contributed by atoms with E-state index in [9.17, 15) is 9.59 Å². The molecule has 1 atom stereocenters. The second-order valence-corrected chi connectivity index (χ2v) is 7.17. The van der Waals surface area contributed by atoms with E-state index in [1.165, 1.54) is 13.3 Å². The standard InChI is InChI=1S/C21H23ClN6O3/c1-31-12-18(29)27-17-9-14(7-8-16(17)22)26-21-25-11-15(19(23)30)20(28-21)24-10-13-5-3-2-4-6-13/h2-6,8-9,11,14H,7,10,12H2,1H3,(H2,23,30)(H,27,29)(H2,24,25,26,28). The van der Waals surface area contributed by atoms with E-state index in [2.05, 4.69) is 25.9 Å². The quantitative estimate of drug-likeness (QED) is 0.467. The van der Waals surface area contributed by atoms with Crippen molar-refractivity contribution < 1.29 is 14.3 Å². The number of anilines is 2. The molecule has 1 aromatic heterocycles. The number of primary amides is 1. The Hall–Kier alpha value is -3.43. The highest BCUT2D eigenvalue weighted by molar-refractivity contribution is 6.32. The van der Waals surface area contributed by atoms with Gasteiger partial charge >= 0.3 is 0 Å². The van der Waals surface area contributed by atoms with Gasteiger partial charge in [0.2, 0.25) is 11.9 Å². The summed E-state index contributed by atoms with van der Waals surface area (Å²) in [6, 6.07) is 9.47. The molecule has 1 heterocycles. The van der Waals surface area contributed by atoms with Gasteiger partial charge in [0.1, 0.15) is 12.4 Å². The summed E-state index contributed by atoms with van der Waals surface area (Å²) in [5.41, 5.74) is 7.15. The van der Waals surface area contributed by atoms with Gasteiger partial charge in [0.05, 0.1) is 22.3 Å². The van der Waals surface area contributed by atoms with Crippen LogP contribution < -0.4 is 21.7 Å². The zero-order chi connectivity index (χ0) is 22.2. The lowest BCUT2D eigenvalue weighted by atomic mass is 10.1. The van der Waals surface area contributed by atoms with E-state index in [4.69, 9.17) is 22.1 Å². The van der Waals surface area contributed by atoms with Crippen LogP contribution in [0.3, 0.4) is 0 Å². The van der Waals surface area contributed by atoms with E-state index in [1.807, 2.05) is 30.3 Å². The fraction of sp³-hybridized carbons (Fsp3) is 0.238. The smallest absolute Gasteiger partial charge is 0.254 e. The lowest BCUT2D eigenvalue weighted by Gasteiger charge is -2.21. The highest BCUT2D eigenvalue weighted by Crippen LogP contribution is 2.23. The number of hydrogen-bond acceptors (Lipinski definition) is 7. The van der Waals surface area contributed by atoms with Crippen LogP contribution in [0.2, 0.25) is 0 Å². The molecule has 2 aromatic rings. The number of hydrogen-bond donors (Lipinski definition) is 4. The molecule has 162 valence electrons. The molecule has 1 aromatic carbocycles. The van der Waals surface area contributed by atoms with Gasteiger partial charge < -0.3 is 26.4 Å². The number of nitrogens with two attached hydrogens (primary N) is 1. The average molecular weight is 443 g/mol. The molecular formula is C21H23ClN6O3. The third-order valence-corrected chi connectivity index (χ3v) is 4.76. The first-order valence-corrected chi connectivity index (χ1v) is 9.92. The van der Waals surface area contributed by atoms with Crippen molar-refractivity contribution in [3.8, 4) is 0 Å². The molecule has 10 heteroatoms. The van der Waals surface area contributed by atoms with Crippen molar-refractivity contribution >= 4 is 35.2 Å². The number of nitrogens with one attached hydrogen (secondary N) is 3. The van der Waals surface area contributed by atoms with Crippen molar-refractivity contribution in [1.82, 2.24) is 15.3 Å². The summed E-state index contributed by atoms with van der Waals surface area (Å²) in [6.45, 7) is 0.392. The fourth-order valence-electron chi connectivity index (χ4n) is 2.92. The van der Waals surface area contributed by atoms with Crippen LogP contribution in [0.5, 0.6) is 0 Å². The number of carbonyl (C=O) groups excluding carboxylic acids is 2. The molecule has 0 fully saturated rings. The first-order valence-electron chi connectivity index (χ1n) is 9.54. The molecule has 5 N–H and O–H groups in total. The SMILES string of the molecule is COCC(=O)NC1=CC(Nc2ncc(C(N)=O)c(NCc3ccccc3)n2)CC=C1Cl. The Labute approximate surface area is 184 Å². The van der Waals surface area contributed by atoms with Crippen LogP contribution in [-0.2, 0) is 16.1 Å². The summed E-state index contributed by atoms with van der Waals surface area (Å²) in [7, 11) is 1.44. The highest BCUT2D eigenvalue weighted by atomic mass is 35.5. The van der Waals surface area contributed by atoms with Crippen molar-refractivity contribution in [2.24, 2.45) is 5.73 Å². The zero-order valence-corrected chi connectivity index (χ0v) is 17.6. The molecule has 0 saturated heterocycles. The maximum Gasteiger partial charge on any atom is 0.254 e. The molecule has 0 aliphatic heterocycles. The maximum absolute atomic E-state index is 11.8. The summed E-state index contributed by atoms with van der Waals surface area (Å²) in [4.78, 5) is 32.2. The van der Waals surface area contributed by atoms with Crippen molar-refractivity contribution in [2.75, 3.05) is 24.4 Å². The topological polar surface area (TPSA) is 131 Å². The van der Waals surface area contributed by atoms with Gasteiger partial charge in [0.15, 0.2) is 0 Å². The van der Waals surface area contributed by atoms with Crippen LogP contribution in [0.4, 0.5) is 11.8 Å². The largest absolute Gasteiger partial charge is 0.375 e. The summed E-state index contributed by atoms with van der Waals surface area (Å²) >= 11 is 6.19. The molecule has 2 amide bonds. The van der Waals surface area contributed by atoms with E-state index in [0.29, 0.717) is 35.5 Å².